The molecule has 106 valence electrons. The molecular formula is C16H18Br2N2. The van der Waals surface area contributed by atoms with E-state index in [0.29, 0.717) is 6.54 Å². The van der Waals surface area contributed by atoms with Gasteiger partial charge in [0.25, 0.3) is 0 Å². The van der Waals surface area contributed by atoms with Gasteiger partial charge in [-0.05, 0) is 42.4 Å². The summed E-state index contributed by atoms with van der Waals surface area (Å²) >= 11 is 7.03. The lowest BCUT2D eigenvalue weighted by atomic mass is 10.1. The van der Waals surface area contributed by atoms with Crippen LogP contribution in [-0.2, 0) is 6.54 Å². The van der Waals surface area contributed by atoms with Crippen LogP contribution in [0.2, 0.25) is 0 Å². The highest BCUT2D eigenvalue weighted by molar-refractivity contribution is 9.10. The average Bonchev–Trinajstić information content (AvgIpc) is 2.39. The van der Waals surface area contributed by atoms with Crippen LogP contribution in [0.1, 0.15) is 17.2 Å². The van der Waals surface area contributed by atoms with Gasteiger partial charge in [0.2, 0.25) is 0 Å². The largest absolute Gasteiger partial charge is 0.329 e. The highest BCUT2D eigenvalue weighted by Gasteiger charge is 2.15. The van der Waals surface area contributed by atoms with E-state index in [0.717, 1.165) is 15.5 Å². The molecule has 0 aliphatic rings. The summed E-state index contributed by atoms with van der Waals surface area (Å²) in [4.78, 5) is 2.28. The normalized spacial score (nSPS) is 12.7. The molecule has 2 N–H and O–H groups in total. The molecule has 1 atom stereocenters. The predicted octanol–water partition coefficient (Wildman–Crippen LogP) is 4.34. The quantitative estimate of drug-likeness (QED) is 0.812. The minimum absolute atomic E-state index is 0.214. The number of nitrogens with zero attached hydrogens (tertiary/aromatic N) is 1. The zero-order valence-corrected chi connectivity index (χ0v) is 14.6. The Morgan fingerprint density at radius 1 is 1.05 bits per heavy atom. The average molecular weight is 398 g/mol. The number of hydrogen-bond donors (Lipinski definition) is 1. The first-order chi connectivity index (χ1) is 9.60. The van der Waals surface area contributed by atoms with Crippen LogP contribution in [0.4, 0.5) is 0 Å². The molecule has 0 aliphatic carbocycles. The van der Waals surface area contributed by atoms with E-state index >= 15 is 0 Å². The maximum Gasteiger partial charge on any atom is 0.0471 e. The van der Waals surface area contributed by atoms with Gasteiger partial charge < -0.3 is 5.73 Å². The van der Waals surface area contributed by atoms with Crippen LogP contribution in [-0.4, -0.2) is 18.5 Å². The highest BCUT2D eigenvalue weighted by atomic mass is 79.9. The second kappa shape index (κ2) is 7.36. The van der Waals surface area contributed by atoms with Crippen molar-refractivity contribution in [3.63, 3.8) is 0 Å². The van der Waals surface area contributed by atoms with E-state index in [1.165, 1.54) is 11.1 Å². The molecule has 0 radical (unpaired) electrons. The minimum atomic E-state index is 0.214. The topological polar surface area (TPSA) is 29.3 Å². The van der Waals surface area contributed by atoms with Crippen molar-refractivity contribution in [3.05, 3.63) is 68.6 Å². The molecule has 2 aromatic carbocycles. The van der Waals surface area contributed by atoms with Crippen molar-refractivity contribution in [2.24, 2.45) is 5.73 Å². The van der Waals surface area contributed by atoms with E-state index in [-0.39, 0.29) is 6.04 Å². The Morgan fingerprint density at radius 2 is 1.70 bits per heavy atom. The fraction of sp³-hybridized carbons (Fsp3) is 0.250. The van der Waals surface area contributed by atoms with Gasteiger partial charge in [0.05, 0.1) is 0 Å². The Balaban J connectivity index is 2.15. The lowest BCUT2D eigenvalue weighted by Gasteiger charge is -2.27. The molecule has 0 saturated carbocycles. The van der Waals surface area contributed by atoms with Crippen molar-refractivity contribution in [1.29, 1.82) is 0 Å². The monoisotopic (exact) mass is 396 g/mol. The number of halogens is 2. The Labute approximate surface area is 137 Å². The van der Waals surface area contributed by atoms with Gasteiger partial charge in [-0.1, -0.05) is 56.1 Å². The van der Waals surface area contributed by atoms with Crippen LogP contribution in [0.15, 0.2) is 57.5 Å². The molecule has 0 amide bonds. The van der Waals surface area contributed by atoms with Crippen molar-refractivity contribution in [2.75, 3.05) is 13.6 Å². The summed E-state index contributed by atoms with van der Waals surface area (Å²) in [6.45, 7) is 1.47. The van der Waals surface area contributed by atoms with Crippen LogP contribution >= 0.6 is 31.9 Å². The van der Waals surface area contributed by atoms with Crippen molar-refractivity contribution in [1.82, 2.24) is 4.90 Å². The van der Waals surface area contributed by atoms with Crippen LogP contribution < -0.4 is 5.73 Å². The van der Waals surface area contributed by atoms with Crippen molar-refractivity contribution in [2.45, 2.75) is 12.6 Å². The van der Waals surface area contributed by atoms with Gasteiger partial charge in [0, 0.05) is 28.1 Å². The van der Waals surface area contributed by atoms with E-state index in [1.54, 1.807) is 0 Å². The molecular weight excluding hydrogens is 380 g/mol. The fourth-order valence-corrected chi connectivity index (χ4v) is 3.18. The zero-order valence-electron chi connectivity index (χ0n) is 11.4. The van der Waals surface area contributed by atoms with E-state index in [9.17, 15) is 0 Å². The van der Waals surface area contributed by atoms with E-state index < -0.39 is 0 Å². The molecule has 0 aromatic heterocycles. The number of nitrogens with two attached hydrogens (primary N) is 1. The molecule has 0 aliphatic heterocycles. The van der Waals surface area contributed by atoms with Gasteiger partial charge in [-0.2, -0.15) is 0 Å². The van der Waals surface area contributed by atoms with Gasteiger partial charge in [-0.15, -0.1) is 0 Å². The first-order valence-corrected chi connectivity index (χ1v) is 8.09. The fourth-order valence-electron chi connectivity index (χ4n) is 2.32. The number of benzene rings is 2. The van der Waals surface area contributed by atoms with Gasteiger partial charge in [-0.25, -0.2) is 0 Å². The van der Waals surface area contributed by atoms with Gasteiger partial charge in [0.15, 0.2) is 0 Å². The summed E-state index contributed by atoms with van der Waals surface area (Å²) in [6, 6.07) is 16.9. The number of rotatable bonds is 5. The van der Waals surface area contributed by atoms with E-state index in [4.69, 9.17) is 5.73 Å². The molecule has 0 heterocycles. The second-order valence-corrected chi connectivity index (χ2v) is 6.68. The molecule has 0 spiro atoms. The molecule has 20 heavy (non-hydrogen) atoms. The summed E-state index contributed by atoms with van der Waals surface area (Å²) in [5.41, 5.74) is 8.48. The molecule has 4 heteroatoms. The third-order valence-corrected chi connectivity index (χ3v) is 4.30. The Hall–Kier alpha value is -0.680. The lowest BCUT2D eigenvalue weighted by Crippen LogP contribution is -2.30. The third-order valence-electron chi connectivity index (χ3n) is 3.31. The minimum Gasteiger partial charge on any atom is -0.329 e. The van der Waals surface area contributed by atoms with Crippen molar-refractivity contribution >= 4 is 31.9 Å². The Kier molecular flexibility index (Phi) is 5.78. The molecule has 1 unspecified atom stereocenters. The zero-order chi connectivity index (χ0) is 14.5. The smallest absolute Gasteiger partial charge is 0.0471 e. The molecule has 2 aromatic rings. The first-order valence-electron chi connectivity index (χ1n) is 6.50. The van der Waals surface area contributed by atoms with Gasteiger partial charge >= 0.3 is 0 Å². The predicted molar refractivity (Wildman–Crippen MR) is 91.5 cm³/mol. The summed E-state index contributed by atoms with van der Waals surface area (Å²) in [7, 11) is 2.11. The van der Waals surface area contributed by atoms with Crippen LogP contribution in [0.25, 0.3) is 0 Å². The maximum absolute atomic E-state index is 5.97. The summed E-state index contributed by atoms with van der Waals surface area (Å²) < 4.78 is 2.19. The number of likely N-dealkylation sites (N-methyl/N-ethyl adjacent to an activating group) is 1. The SMILES string of the molecule is CN(Cc1cccc(Br)c1)C(CN)c1cccc(Br)c1. The van der Waals surface area contributed by atoms with Gasteiger partial charge in [-0.3, -0.25) is 4.90 Å². The Bertz CT molecular complexity index is 572. The molecule has 2 rings (SSSR count). The summed E-state index contributed by atoms with van der Waals surface area (Å²) in [6.07, 6.45) is 0. The van der Waals surface area contributed by atoms with Crippen LogP contribution in [0.5, 0.6) is 0 Å². The standard InChI is InChI=1S/C16H18Br2N2/c1-20(11-12-4-2-6-14(17)8-12)16(10-19)13-5-3-7-15(18)9-13/h2-9,16H,10-11,19H2,1H3. The molecule has 0 fully saturated rings. The Morgan fingerprint density at radius 3 is 2.30 bits per heavy atom. The molecule has 2 nitrogen and oxygen atoms in total. The van der Waals surface area contributed by atoms with Crippen molar-refractivity contribution in [3.8, 4) is 0 Å². The van der Waals surface area contributed by atoms with Crippen molar-refractivity contribution < 1.29 is 0 Å². The van der Waals surface area contributed by atoms with E-state index in [1.807, 2.05) is 12.1 Å². The lowest BCUT2D eigenvalue weighted by molar-refractivity contribution is 0.241. The molecule has 0 saturated heterocycles. The van der Waals surface area contributed by atoms with E-state index in [2.05, 4.69) is 80.2 Å². The first kappa shape index (κ1) is 15.7. The third kappa shape index (κ3) is 4.16. The second-order valence-electron chi connectivity index (χ2n) is 4.85. The maximum atomic E-state index is 5.97. The molecule has 0 bridgehead atoms. The highest BCUT2D eigenvalue weighted by Crippen LogP contribution is 2.24. The van der Waals surface area contributed by atoms with Gasteiger partial charge in [0.1, 0.15) is 0 Å². The summed E-state index contributed by atoms with van der Waals surface area (Å²) in [5, 5.41) is 0. The van der Waals surface area contributed by atoms with Crippen LogP contribution in [0.3, 0.4) is 0 Å². The van der Waals surface area contributed by atoms with Crippen LogP contribution in [0, 0.1) is 0 Å². The number of hydrogen-bond acceptors (Lipinski definition) is 2. The summed E-state index contributed by atoms with van der Waals surface area (Å²) in [5.74, 6) is 0.